The van der Waals surface area contributed by atoms with E-state index in [1.807, 2.05) is 0 Å². The Morgan fingerprint density at radius 2 is 1.81 bits per heavy atom. The van der Waals surface area contributed by atoms with Crippen LogP contribution in [0.25, 0.3) is 0 Å². The molecule has 1 N–H and O–H groups in total. The molecule has 0 saturated heterocycles. The number of halogens is 1. The summed E-state index contributed by atoms with van der Waals surface area (Å²) in [5, 5.41) is 9.88. The van der Waals surface area contributed by atoms with Crippen molar-refractivity contribution in [2.24, 2.45) is 0 Å². The largest absolute Gasteiger partial charge is 0.493 e. The first-order chi connectivity index (χ1) is 12.4. The van der Waals surface area contributed by atoms with Crippen LogP contribution in [-0.4, -0.2) is 43.2 Å². The Hall–Kier alpha value is -3.09. The van der Waals surface area contributed by atoms with Crippen molar-refractivity contribution < 1.29 is 28.6 Å². The van der Waals surface area contributed by atoms with Gasteiger partial charge in [0.2, 0.25) is 0 Å². The predicted octanol–water partition coefficient (Wildman–Crippen LogP) is 2.84. The second kappa shape index (κ2) is 6.67. The fourth-order valence-corrected chi connectivity index (χ4v) is 3.42. The van der Waals surface area contributed by atoms with Crippen molar-refractivity contribution in [3.63, 3.8) is 0 Å². The molecule has 2 aromatic carbocycles. The number of carbonyl (C=O) groups is 2. The number of hydrogen-bond acceptors (Lipinski definition) is 4. The molecule has 0 radical (unpaired) electrons. The van der Waals surface area contributed by atoms with Crippen LogP contribution in [0.4, 0.5) is 4.39 Å². The molecule has 1 aliphatic heterocycles. The van der Waals surface area contributed by atoms with Gasteiger partial charge in [-0.1, -0.05) is 12.1 Å². The van der Waals surface area contributed by atoms with E-state index in [1.165, 1.54) is 56.5 Å². The lowest BCUT2D eigenvalue weighted by Crippen LogP contribution is -2.42. The monoisotopic (exact) mass is 359 g/mol. The van der Waals surface area contributed by atoms with E-state index in [1.54, 1.807) is 6.07 Å². The number of fused-ring (bicyclic) bond motifs is 1. The molecule has 6 nitrogen and oxygen atoms in total. The van der Waals surface area contributed by atoms with Crippen LogP contribution in [0.3, 0.4) is 0 Å². The van der Waals surface area contributed by atoms with Crippen LogP contribution in [0.2, 0.25) is 0 Å². The zero-order valence-electron chi connectivity index (χ0n) is 14.5. The number of hydrogen-bond donors (Lipinski definition) is 1. The molecule has 0 spiro atoms. The Balaban J connectivity index is 2.25. The quantitative estimate of drug-likeness (QED) is 0.908. The third-order valence-electron chi connectivity index (χ3n) is 4.63. The summed E-state index contributed by atoms with van der Waals surface area (Å²) in [6.07, 6.45) is 0. The van der Waals surface area contributed by atoms with Gasteiger partial charge in [0.15, 0.2) is 11.5 Å². The number of likely N-dealkylation sites (N-methyl/N-ethyl adjacent to an activating group) is 1. The molecule has 1 aliphatic rings. The van der Waals surface area contributed by atoms with E-state index in [2.05, 4.69) is 0 Å². The Bertz CT molecular complexity index is 882. The first kappa shape index (κ1) is 17.7. The molecule has 0 unspecified atom stereocenters. The molecule has 1 heterocycles. The van der Waals surface area contributed by atoms with E-state index in [-0.39, 0.29) is 11.5 Å². The summed E-state index contributed by atoms with van der Waals surface area (Å²) in [6.45, 7) is 0. The highest BCUT2D eigenvalue weighted by molar-refractivity contribution is 6.01. The smallest absolute Gasteiger partial charge is 0.313 e. The predicted molar refractivity (Wildman–Crippen MR) is 91.2 cm³/mol. The molecule has 0 fully saturated rings. The number of aliphatic carboxylic acids is 1. The minimum Gasteiger partial charge on any atom is -0.493 e. The number of methoxy groups -OCH3 is 2. The standard InChI is InChI=1S/C19H18FNO5/c1-21-17(10-5-4-6-11(20)7-10)16(19(23)24)12-8-14(25-2)15(26-3)9-13(12)18(21)22/h4-9,16-17H,1-3H3,(H,23,24)/t16-,17+/m0/s1. The number of carbonyl (C=O) groups excluding carboxylic acids is 1. The van der Waals surface area contributed by atoms with E-state index in [4.69, 9.17) is 9.47 Å². The highest BCUT2D eigenvalue weighted by Crippen LogP contribution is 2.45. The van der Waals surface area contributed by atoms with Crippen LogP contribution in [0.5, 0.6) is 11.5 Å². The molecule has 0 bridgehead atoms. The van der Waals surface area contributed by atoms with Crippen molar-refractivity contribution in [2.45, 2.75) is 12.0 Å². The van der Waals surface area contributed by atoms with Crippen LogP contribution in [-0.2, 0) is 4.79 Å². The third kappa shape index (κ3) is 2.75. The van der Waals surface area contributed by atoms with Crippen LogP contribution in [0, 0.1) is 5.82 Å². The van der Waals surface area contributed by atoms with Crippen LogP contribution in [0.15, 0.2) is 36.4 Å². The summed E-state index contributed by atoms with van der Waals surface area (Å²) >= 11 is 0. The molecular weight excluding hydrogens is 341 g/mol. The number of nitrogens with zero attached hydrogens (tertiary/aromatic N) is 1. The molecule has 136 valence electrons. The van der Waals surface area contributed by atoms with Crippen molar-refractivity contribution in [2.75, 3.05) is 21.3 Å². The minimum atomic E-state index is -1.12. The van der Waals surface area contributed by atoms with Crippen molar-refractivity contribution in [3.05, 3.63) is 58.9 Å². The van der Waals surface area contributed by atoms with Gasteiger partial charge in [0.05, 0.1) is 20.3 Å². The maximum absolute atomic E-state index is 13.7. The zero-order valence-corrected chi connectivity index (χ0v) is 14.5. The van der Waals surface area contributed by atoms with Gasteiger partial charge in [-0.3, -0.25) is 9.59 Å². The summed E-state index contributed by atoms with van der Waals surface area (Å²) < 4.78 is 24.2. The van der Waals surface area contributed by atoms with E-state index in [0.717, 1.165) is 0 Å². The molecule has 1 amide bonds. The molecular formula is C19H18FNO5. The lowest BCUT2D eigenvalue weighted by Gasteiger charge is -2.38. The van der Waals surface area contributed by atoms with Crippen molar-refractivity contribution in [1.82, 2.24) is 4.90 Å². The van der Waals surface area contributed by atoms with Crippen molar-refractivity contribution in [3.8, 4) is 11.5 Å². The van der Waals surface area contributed by atoms with Crippen molar-refractivity contribution >= 4 is 11.9 Å². The fourth-order valence-electron chi connectivity index (χ4n) is 3.42. The molecule has 7 heteroatoms. The second-order valence-corrected chi connectivity index (χ2v) is 6.03. The summed E-state index contributed by atoms with van der Waals surface area (Å²) in [5.41, 5.74) is 0.950. The SMILES string of the molecule is COc1cc2c(cc1OC)[C@H](C(=O)O)[C@@H](c1cccc(F)c1)N(C)C2=O. The normalized spacial score (nSPS) is 19.1. The van der Waals surface area contributed by atoms with Crippen molar-refractivity contribution in [1.29, 1.82) is 0 Å². The molecule has 3 rings (SSSR count). The average molecular weight is 359 g/mol. The third-order valence-corrected chi connectivity index (χ3v) is 4.63. The number of ether oxygens (including phenoxy) is 2. The average Bonchev–Trinajstić information content (AvgIpc) is 2.62. The lowest BCUT2D eigenvalue weighted by atomic mass is 9.80. The van der Waals surface area contributed by atoms with Crippen LogP contribution in [0.1, 0.15) is 33.4 Å². The second-order valence-electron chi connectivity index (χ2n) is 6.03. The van der Waals surface area contributed by atoms with Gasteiger partial charge in [-0.2, -0.15) is 0 Å². The molecule has 0 saturated carbocycles. The van der Waals surface area contributed by atoms with Gasteiger partial charge < -0.3 is 19.5 Å². The Morgan fingerprint density at radius 3 is 2.38 bits per heavy atom. The van der Waals surface area contributed by atoms with Gasteiger partial charge >= 0.3 is 5.97 Å². The Morgan fingerprint density at radius 1 is 1.15 bits per heavy atom. The van der Waals surface area contributed by atoms with E-state index in [9.17, 15) is 19.1 Å². The number of carboxylic acid groups (broad SMARTS) is 1. The van der Waals surface area contributed by atoms with Crippen LogP contribution < -0.4 is 9.47 Å². The van der Waals surface area contributed by atoms with Gasteiger partial charge in [-0.25, -0.2) is 4.39 Å². The van der Waals surface area contributed by atoms with E-state index < -0.39 is 23.7 Å². The molecule has 0 aromatic heterocycles. The highest BCUT2D eigenvalue weighted by atomic mass is 19.1. The first-order valence-corrected chi connectivity index (χ1v) is 7.90. The number of carboxylic acids is 1. The number of rotatable bonds is 4. The number of amides is 1. The molecule has 0 aliphatic carbocycles. The first-order valence-electron chi connectivity index (χ1n) is 7.90. The summed E-state index contributed by atoms with van der Waals surface area (Å²) in [6, 6.07) is 7.75. The Labute approximate surface area is 149 Å². The maximum atomic E-state index is 13.7. The number of benzene rings is 2. The van der Waals surface area contributed by atoms with Crippen LogP contribution >= 0.6 is 0 Å². The van der Waals surface area contributed by atoms with Gasteiger partial charge in [-0.15, -0.1) is 0 Å². The van der Waals surface area contributed by atoms with E-state index in [0.29, 0.717) is 22.6 Å². The van der Waals surface area contributed by atoms with Gasteiger partial charge in [0, 0.05) is 12.6 Å². The van der Waals surface area contributed by atoms with Gasteiger partial charge in [0.25, 0.3) is 5.91 Å². The van der Waals surface area contributed by atoms with Gasteiger partial charge in [-0.05, 0) is 35.4 Å². The molecule has 2 aromatic rings. The van der Waals surface area contributed by atoms with Gasteiger partial charge in [0.1, 0.15) is 11.7 Å². The highest BCUT2D eigenvalue weighted by Gasteiger charge is 2.43. The maximum Gasteiger partial charge on any atom is 0.313 e. The molecule has 26 heavy (non-hydrogen) atoms. The van der Waals surface area contributed by atoms with E-state index >= 15 is 0 Å². The lowest BCUT2D eigenvalue weighted by molar-refractivity contribution is -0.140. The zero-order chi connectivity index (χ0) is 19.0. The fraction of sp³-hybridized carbons (Fsp3) is 0.263. The summed E-state index contributed by atoms with van der Waals surface area (Å²) in [7, 11) is 4.37. The summed E-state index contributed by atoms with van der Waals surface area (Å²) in [4.78, 5) is 26.3. The Kier molecular flexibility index (Phi) is 4.54. The summed E-state index contributed by atoms with van der Waals surface area (Å²) in [5.74, 6) is -2.39. The minimum absolute atomic E-state index is 0.227. The topological polar surface area (TPSA) is 76.1 Å². The molecule has 2 atom stereocenters.